The van der Waals surface area contributed by atoms with Crippen LogP contribution in [0, 0.1) is 0 Å². The molecule has 266 valence electrons. The Kier molecular flexibility index (Phi) is 28.2. The maximum Gasteiger partial charge on any atom is 0.119 e. The van der Waals surface area contributed by atoms with Gasteiger partial charge in [0.15, 0.2) is 0 Å². The van der Waals surface area contributed by atoms with Crippen molar-refractivity contribution >= 4 is 33.0 Å². The van der Waals surface area contributed by atoms with Crippen molar-refractivity contribution in [3.05, 3.63) is 54.1 Å². The van der Waals surface area contributed by atoms with Crippen molar-refractivity contribution in [1.82, 2.24) is 0 Å². The van der Waals surface area contributed by atoms with Gasteiger partial charge in [0, 0.05) is 11.5 Å². The minimum Gasteiger partial charge on any atom is -0.494 e. The average molecular weight is 683 g/mol. The van der Waals surface area contributed by atoms with Gasteiger partial charge < -0.3 is 4.74 Å². The quantitative estimate of drug-likeness (QED) is 0.0427. The number of azo groups is 1. The number of benzene rings is 2. The fourth-order valence-electron chi connectivity index (χ4n) is 5.92. The summed E-state index contributed by atoms with van der Waals surface area (Å²) in [5.41, 5.74) is 3.14. The molecule has 0 spiro atoms. The molecule has 0 unspecified atom stereocenters. The highest BCUT2D eigenvalue weighted by Gasteiger charge is 2.02. The van der Waals surface area contributed by atoms with Crippen molar-refractivity contribution in [1.29, 1.82) is 0 Å². The van der Waals surface area contributed by atoms with Crippen LogP contribution in [0.1, 0.15) is 174 Å². The highest BCUT2D eigenvalue weighted by atomic mass is 33.1. The van der Waals surface area contributed by atoms with Crippen LogP contribution < -0.4 is 4.74 Å². The Labute approximate surface area is 299 Å². The number of unbranched alkanes of at least 4 members (excludes halogenated alkanes) is 21. The smallest absolute Gasteiger partial charge is 0.119 e. The van der Waals surface area contributed by atoms with E-state index in [-0.39, 0.29) is 0 Å². The zero-order valence-corrected chi connectivity index (χ0v) is 32.2. The summed E-state index contributed by atoms with van der Waals surface area (Å²) in [7, 11) is 4.23. The van der Waals surface area contributed by atoms with E-state index in [2.05, 4.69) is 63.9 Å². The van der Waals surface area contributed by atoms with Crippen LogP contribution >= 0.6 is 21.6 Å². The van der Waals surface area contributed by atoms with Gasteiger partial charge in [-0.3, -0.25) is 0 Å². The minimum absolute atomic E-state index is 0.793. The number of rotatable bonds is 33. The second-order valence-electron chi connectivity index (χ2n) is 13.3. The molecule has 3 nitrogen and oxygen atoms in total. The standard InChI is InChI=1S/C42H70N2OS2/c1-3-5-7-9-10-11-15-18-21-27-37-46-47-38-28-22-19-16-13-12-14-17-20-26-36-45-41-34-32-40(33-35-41)43-44-42-31-25-24-30-39(42)29-23-8-6-4-2/h24-25,30-35H,3-23,26-29,36-38H2,1-2H3. The molecule has 0 aliphatic heterocycles. The summed E-state index contributed by atoms with van der Waals surface area (Å²) in [6.07, 6.45) is 34.1. The van der Waals surface area contributed by atoms with Crippen molar-refractivity contribution in [2.24, 2.45) is 10.2 Å². The first-order valence-corrected chi connectivity index (χ1v) is 22.3. The molecule has 0 amide bonds. The van der Waals surface area contributed by atoms with Crippen LogP contribution in [0.2, 0.25) is 0 Å². The molecule has 0 N–H and O–H groups in total. The maximum atomic E-state index is 5.98. The molecular weight excluding hydrogens is 613 g/mol. The Hall–Kier alpha value is -1.46. The molecule has 2 aromatic rings. The number of hydrogen-bond donors (Lipinski definition) is 0. The van der Waals surface area contributed by atoms with Gasteiger partial charge in [-0.2, -0.15) is 10.2 Å². The first kappa shape index (κ1) is 41.7. The van der Waals surface area contributed by atoms with E-state index < -0.39 is 0 Å². The average Bonchev–Trinajstić information content (AvgIpc) is 3.10. The van der Waals surface area contributed by atoms with Crippen LogP contribution in [0.4, 0.5) is 11.4 Å². The third kappa shape index (κ3) is 24.3. The van der Waals surface area contributed by atoms with Gasteiger partial charge in [-0.25, -0.2) is 0 Å². The lowest BCUT2D eigenvalue weighted by molar-refractivity contribution is 0.304. The summed E-state index contributed by atoms with van der Waals surface area (Å²) in [4.78, 5) is 0. The van der Waals surface area contributed by atoms with Gasteiger partial charge in [-0.15, -0.1) is 0 Å². The summed E-state index contributed by atoms with van der Waals surface area (Å²) in [5.74, 6) is 3.61. The van der Waals surface area contributed by atoms with Crippen molar-refractivity contribution < 1.29 is 4.74 Å². The summed E-state index contributed by atoms with van der Waals surface area (Å²) in [6.45, 7) is 5.34. The van der Waals surface area contributed by atoms with Gasteiger partial charge in [0.2, 0.25) is 0 Å². The molecule has 0 saturated carbocycles. The van der Waals surface area contributed by atoms with Crippen molar-refractivity contribution in [2.75, 3.05) is 18.1 Å². The van der Waals surface area contributed by atoms with E-state index >= 15 is 0 Å². The van der Waals surface area contributed by atoms with E-state index in [1.165, 1.54) is 165 Å². The van der Waals surface area contributed by atoms with E-state index in [0.29, 0.717) is 0 Å². The molecule has 0 heterocycles. The Balaban J connectivity index is 1.34. The normalized spacial score (nSPS) is 11.5. The Bertz CT molecular complexity index is 981. The zero-order chi connectivity index (χ0) is 33.3. The number of aryl methyl sites for hydroxylation is 1. The largest absolute Gasteiger partial charge is 0.494 e. The van der Waals surface area contributed by atoms with Crippen LogP contribution in [0.5, 0.6) is 5.75 Å². The second-order valence-corrected chi connectivity index (χ2v) is 16.0. The predicted molar refractivity (Wildman–Crippen MR) is 213 cm³/mol. The molecule has 0 aliphatic rings. The van der Waals surface area contributed by atoms with Crippen molar-refractivity contribution in [3.63, 3.8) is 0 Å². The van der Waals surface area contributed by atoms with E-state index in [1.807, 2.05) is 30.3 Å². The topological polar surface area (TPSA) is 34.0 Å². The van der Waals surface area contributed by atoms with Crippen molar-refractivity contribution in [2.45, 2.75) is 174 Å². The Morgan fingerprint density at radius 2 is 0.936 bits per heavy atom. The molecule has 0 saturated heterocycles. The van der Waals surface area contributed by atoms with E-state index in [1.54, 1.807) is 0 Å². The van der Waals surface area contributed by atoms with Crippen LogP contribution in [-0.2, 0) is 6.42 Å². The molecule has 47 heavy (non-hydrogen) atoms. The first-order chi connectivity index (χ1) is 23.3. The SMILES string of the molecule is CCCCCCCCCCCCSSCCCCCCCCCCCCOc1ccc(N=Nc2ccccc2CCCCCC)cc1. The van der Waals surface area contributed by atoms with Gasteiger partial charge in [0.25, 0.3) is 0 Å². The fraction of sp³-hybridized carbons (Fsp3) is 0.714. The third-order valence-corrected chi connectivity index (χ3v) is 11.5. The van der Waals surface area contributed by atoms with Crippen LogP contribution in [0.3, 0.4) is 0 Å². The van der Waals surface area contributed by atoms with Gasteiger partial charge >= 0.3 is 0 Å². The Morgan fingerprint density at radius 3 is 1.49 bits per heavy atom. The monoisotopic (exact) mass is 682 g/mol. The van der Waals surface area contributed by atoms with Crippen LogP contribution in [0.25, 0.3) is 0 Å². The Morgan fingerprint density at radius 1 is 0.468 bits per heavy atom. The molecule has 0 aliphatic carbocycles. The van der Waals surface area contributed by atoms with E-state index in [9.17, 15) is 0 Å². The van der Waals surface area contributed by atoms with E-state index in [4.69, 9.17) is 4.74 Å². The fourth-order valence-corrected chi connectivity index (χ4v) is 8.21. The molecule has 0 radical (unpaired) electrons. The van der Waals surface area contributed by atoms with Gasteiger partial charge in [-0.05, 0) is 68.0 Å². The lowest BCUT2D eigenvalue weighted by Gasteiger charge is -2.07. The van der Waals surface area contributed by atoms with Gasteiger partial charge in [-0.1, -0.05) is 182 Å². The van der Waals surface area contributed by atoms with E-state index in [0.717, 1.165) is 36.6 Å². The van der Waals surface area contributed by atoms with Crippen molar-refractivity contribution in [3.8, 4) is 5.75 Å². The summed E-state index contributed by atoms with van der Waals surface area (Å²) in [5, 5.41) is 9.04. The van der Waals surface area contributed by atoms with Gasteiger partial charge in [0.1, 0.15) is 5.75 Å². The summed E-state index contributed by atoms with van der Waals surface area (Å²) < 4.78 is 5.98. The molecular formula is C42H70N2OS2. The number of nitrogens with zero attached hydrogens (tertiary/aromatic N) is 2. The number of ether oxygens (including phenoxy) is 1. The first-order valence-electron chi connectivity index (χ1n) is 19.8. The van der Waals surface area contributed by atoms with Crippen LogP contribution in [-0.4, -0.2) is 18.1 Å². The number of hydrogen-bond acceptors (Lipinski definition) is 5. The molecule has 0 aromatic heterocycles. The molecule has 0 bridgehead atoms. The summed E-state index contributed by atoms with van der Waals surface area (Å²) >= 11 is 0. The molecule has 0 fully saturated rings. The highest BCUT2D eigenvalue weighted by molar-refractivity contribution is 8.76. The highest BCUT2D eigenvalue weighted by Crippen LogP contribution is 2.26. The second kappa shape index (κ2) is 31.8. The van der Waals surface area contributed by atoms with Crippen LogP contribution in [0.15, 0.2) is 58.8 Å². The predicted octanol–water partition coefficient (Wildman–Crippen LogP) is 15.8. The molecule has 2 aromatic carbocycles. The maximum absolute atomic E-state index is 5.98. The third-order valence-electron chi connectivity index (χ3n) is 8.96. The molecule has 5 heteroatoms. The lowest BCUT2D eigenvalue weighted by atomic mass is 10.0. The summed E-state index contributed by atoms with van der Waals surface area (Å²) in [6, 6.07) is 16.4. The van der Waals surface area contributed by atoms with Gasteiger partial charge in [0.05, 0.1) is 18.0 Å². The molecule has 2 rings (SSSR count). The molecule has 0 atom stereocenters. The minimum atomic E-state index is 0.793. The lowest BCUT2D eigenvalue weighted by Crippen LogP contribution is -1.96. The zero-order valence-electron chi connectivity index (χ0n) is 30.5.